The van der Waals surface area contributed by atoms with Crippen LogP contribution < -0.4 is 14.4 Å². The topological polar surface area (TPSA) is 96.0 Å². The molecule has 0 saturated heterocycles. The van der Waals surface area contributed by atoms with Crippen LogP contribution in [0.15, 0.2) is 78.9 Å². The fourth-order valence-corrected chi connectivity index (χ4v) is 5.62. The summed E-state index contributed by atoms with van der Waals surface area (Å²) in [5, 5.41) is 3.53. The number of hydrogen-bond acceptors (Lipinski definition) is 5. The van der Waals surface area contributed by atoms with Gasteiger partial charge in [0.2, 0.25) is 21.8 Å². The van der Waals surface area contributed by atoms with Gasteiger partial charge in [-0.3, -0.25) is 13.9 Å². The standard InChI is InChI=1S/C31H38ClN3O5S/c1-4-20-33-31(37)28(22-24-11-6-5-7-12-24)34(23-25-16-18-26(32)19-17-25)30(36)15-10-21-35(41(3,38)39)27-13-8-9-14-29(27)40-2/h5-9,11-14,16-19,28H,4,10,15,20-23H2,1-3H3,(H,33,37)/t28-/m1/s1. The van der Waals surface area contributed by atoms with Gasteiger partial charge in [-0.05, 0) is 48.2 Å². The largest absolute Gasteiger partial charge is 0.495 e. The first-order valence-electron chi connectivity index (χ1n) is 13.6. The van der Waals surface area contributed by atoms with Crippen LogP contribution in [0.25, 0.3) is 0 Å². The van der Waals surface area contributed by atoms with E-state index in [1.807, 2.05) is 49.4 Å². The predicted molar refractivity (Wildman–Crippen MR) is 164 cm³/mol. The Balaban J connectivity index is 1.88. The van der Waals surface area contributed by atoms with Crippen molar-refractivity contribution in [3.63, 3.8) is 0 Å². The Morgan fingerprint density at radius 2 is 1.61 bits per heavy atom. The lowest BCUT2D eigenvalue weighted by atomic mass is 10.0. The predicted octanol–water partition coefficient (Wildman–Crippen LogP) is 5.06. The summed E-state index contributed by atoms with van der Waals surface area (Å²) in [7, 11) is -2.17. The smallest absolute Gasteiger partial charge is 0.243 e. The molecule has 3 aromatic rings. The van der Waals surface area contributed by atoms with Crippen molar-refractivity contribution in [1.29, 1.82) is 0 Å². The van der Waals surface area contributed by atoms with E-state index in [0.29, 0.717) is 29.4 Å². The molecule has 220 valence electrons. The maximum atomic E-state index is 13.8. The molecule has 3 rings (SSSR count). The number of nitrogens with one attached hydrogen (secondary N) is 1. The Morgan fingerprint density at radius 1 is 0.951 bits per heavy atom. The number of nitrogens with zero attached hydrogens (tertiary/aromatic N) is 2. The molecular formula is C31H38ClN3O5S. The van der Waals surface area contributed by atoms with Crippen LogP contribution in [0.1, 0.15) is 37.3 Å². The van der Waals surface area contributed by atoms with Crippen molar-refractivity contribution in [1.82, 2.24) is 10.2 Å². The Hall–Kier alpha value is -3.56. The fraction of sp³-hybridized carbons (Fsp3) is 0.355. The van der Waals surface area contributed by atoms with Gasteiger partial charge in [-0.25, -0.2) is 8.42 Å². The summed E-state index contributed by atoms with van der Waals surface area (Å²) in [5.74, 6) is -0.0602. The van der Waals surface area contributed by atoms with E-state index in [0.717, 1.165) is 23.8 Å². The molecule has 0 aliphatic carbocycles. The monoisotopic (exact) mass is 599 g/mol. The number of anilines is 1. The number of hydrogen-bond donors (Lipinski definition) is 1. The van der Waals surface area contributed by atoms with E-state index < -0.39 is 16.1 Å². The first-order chi connectivity index (χ1) is 19.6. The molecule has 0 spiro atoms. The highest BCUT2D eigenvalue weighted by atomic mass is 35.5. The zero-order valence-corrected chi connectivity index (χ0v) is 25.3. The molecule has 0 heterocycles. The van der Waals surface area contributed by atoms with Crippen LogP contribution >= 0.6 is 11.6 Å². The number of ether oxygens (including phenoxy) is 1. The Kier molecular flexibility index (Phi) is 12.0. The number of carbonyl (C=O) groups excluding carboxylic acids is 2. The van der Waals surface area contributed by atoms with Gasteiger partial charge in [-0.1, -0.05) is 73.1 Å². The highest BCUT2D eigenvalue weighted by molar-refractivity contribution is 7.92. The van der Waals surface area contributed by atoms with Crippen LogP contribution in [0.4, 0.5) is 5.69 Å². The van der Waals surface area contributed by atoms with Gasteiger partial charge in [0.15, 0.2) is 0 Å². The van der Waals surface area contributed by atoms with Crippen LogP contribution in [0.5, 0.6) is 5.75 Å². The van der Waals surface area contributed by atoms with Crippen LogP contribution in [0.2, 0.25) is 5.02 Å². The normalized spacial score (nSPS) is 11.9. The third-order valence-electron chi connectivity index (χ3n) is 6.59. The lowest BCUT2D eigenvalue weighted by Gasteiger charge is -2.32. The minimum atomic E-state index is -3.65. The number of sulfonamides is 1. The third-order valence-corrected chi connectivity index (χ3v) is 8.02. The highest BCUT2D eigenvalue weighted by Gasteiger charge is 2.30. The lowest BCUT2D eigenvalue weighted by Crippen LogP contribution is -2.50. The van der Waals surface area contributed by atoms with Crippen molar-refractivity contribution in [2.24, 2.45) is 0 Å². The summed E-state index contributed by atoms with van der Waals surface area (Å²) in [5.41, 5.74) is 2.16. The molecule has 0 aliphatic rings. The van der Waals surface area contributed by atoms with Gasteiger partial charge in [-0.15, -0.1) is 0 Å². The second kappa shape index (κ2) is 15.4. The second-order valence-corrected chi connectivity index (χ2v) is 12.1. The minimum Gasteiger partial charge on any atom is -0.495 e. The molecular weight excluding hydrogens is 562 g/mol. The first-order valence-corrected chi connectivity index (χ1v) is 15.8. The number of methoxy groups -OCH3 is 1. The average molecular weight is 600 g/mol. The van der Waals surface area contributed by atoms with Crippen LogP contribution in [-0.2, 0) is 32.6 Å². The molecule has 1 atom stereocenters. The maximum Gasteiger partial charge on any atom is 0.243 e. The summed E-state index contributed by atoms with van der Waals surface area (Å²) >= 11 is 6.09. The van der Waals surface area contributed by atoms with Gasteiger partial charge in [0, 0.05) is 37.5 Å². The summed E-state index contributed by atoms with van der Waals surface area (Å²) in [4.78, 5) is 28.9. The summed E-state index contributed by atoms with van der Waals surface area (Å²) in [6, 6.07) is 22.8. The van der Waals surface area contributed by atoms with Gasteiger partial charge < -0.3 is 15.0 Å². The van der Waals surface area contributed by atoms with Crippen molar-refractivity contribution < 1.29 is 22.7 Å². The van der Waals surface area contributed by atoms with Gasteiger partial charge in [-0.2, -0.15) is 0 Å². The van der Waals surface area contributed by atoms with E-state index in [9.17, 15) is 18.0 Å². The molecule has 0 fully saturated rings. The minimum absolute atomic E-state index is 0.0428. The molecule has 1 N–H and O–H groups in total. The first kappa shape index (κ1) is 32.0. The van der Waals surface area contributed by atoms with Crippen molar-refractivity contribution >= 4 is 39.1 Å². The number of para-hydroxylation sites is 2. The summed E-state index contributed by atoms with van der Waals surface area (Å²) < 4.78 is 32.0. The van der Waals surface area contributed by atoms with E-state index in [2.05, 4.69) is 5.32 Å². The molecule has 0 unspecified atom stereocenters. The Bertz CT molecular complexity index is 1380. The van der Waals surface area contributed by atoms with E-state index in [-0.39, 0.29) is 37.7 Å². The number of rotatable bonds is 15. The second-order valence-electron chi connectivity index (χ2n) is 9.76. The molecule has 41 heavy (non-hydrogen) atoms. The number of benzene rings is 3. The summed E-state index contributed by atoms with van der Waals surface area (Å²) in [6.07, 6.45) is 2.52. The van der Waals surface area contributed by atoms with Crippen LogP contribution in [-0.4, -0.2) is 57.6 Å². The molecule has 0 radical (unpaired) electrons. The van der Waals surface area contributed by atoms with Crippen LogP contribution in [0.3, 0.4) is 0 Å². The number of carbonyl (C=O) groups is 2. The fourth-order valence-electron chi connectivity index (χ4n) is 4.52. The Morgan fingerprint density at radius 3 is 2.24 bits per heavy atom. The molecule has 0 aromatic heterocycles. The third kappa shape index (κ3) is 9.50. The van der Waals surface area contributed by atoms with Gasteiger partial charge >= 0.3 is 0 Å². The zero-order valence-electron chi connectivity index (χ0n) is 23.8. The van der Waals surface area contributed by atoms with E-state index in [1.165, 1.54) is 11.4 Å². The number of halogens is 1. The summed E-state index contributed by atoms with van der Waals surface area (Å²) in [6.45, 7) is 2.74. The Labute approximate surface area is 248 Å². The lowest BCUT2D eigenvalue weighted by molar-refractivity contribution is -0.141. The number of amides is 2. The zero-order chi connectivity index (χ0) is 29.8. The van der Waals surface area contributed by atoms with Crippen molar-refractivity contribution in [2.75, 3.05) is 30.8 Å². The average Bonchev–Trinajstić information content (AvgIpc) is 2.96. The molecule has 0 saturated carbocycles. The highest BCUT2D eigenvalue weighted by Crippen LogP contribution is 2.30. The molecule has 10 heteroatoms. The SMILES string of the molecule is CCCNC(=O)[C@@H](Cc1ccccc1)N(Cc1ccc(Cl)cc1)C(=O)CCCN(c1ccccc1OC)S(C)(=O)=O. The quantitative estimate of drug-likeness (QED) is 0.263. The molecule has 0 aliphatic heterocycles. The van der Waals surface area contributed by atoms with Crippen molar-refractivity contribution in [3.05, 3.63) is 95.0 Å². The van der Waals surface area contributed by atoms with Crippen molar-refractivity contribution in [2.45, 2.75) is 45.2 Å². The van der Waals surface area contributed by atoms with Gasteiger partial charge in [0.05, 0.1) is 19.1 Å². The molecule has 2 amide bonds. The molecule has 3 aromatic carbocycles. The van der Waals surface area contributed by atoms with Crippen LogP contribution in [0, 0.1) is 0 Å². The van der Waals surface area contributed by atoms with Gasteiger partial charge in [0.1, 0.15) is 11.8 Å². The van der Waals surface area contributed by atoms with E-state index in [1.54, 1.807) is 41.3 Å². The van der Waals surface area contributed by atoms with E-state index in [4.69, 9.17) is 16.3 Å². The maximum absolute atomic E-state index is 13.8. The molecule has 0 bridgehead atoms. The molecule has 8 nitrogen and oxygen atoms in total. The van der Waals surface area contributed by atoms with E-state index >= 15 is 0 Å². The van der Waals surface area contributed by atoms with Gasteiger partial charge in [0.25, 0.3) is 0 Å². The van der Waals surface area contributed by atoms with Crippen molar-refractivity contribution in [3.8, 4) is 5.75 Å².